The molecule has 0 spiro atoms. The van der Waals surface area contributed by atoms with Gasteiger partial charge in [-0.2, -0.15) is 8.78 Å². The van der Waals surface area contributed by atoms with Crippen molar-refractivity contribution in [1.82, 2.24) is 4.90 Å². The Kier molecular flexibility index (Phi) is 6.44. The molecule has 0 radical (unpaired) electrons. The molecule has 3 nitrogen and oxygen atoms in total. The first kappa shape index (κ1) is 17.6. The molecule has 1 aliphatic carbocycles. The number of benzene rings is 1. The highest BCUT2D eigenvalue weighted by Crippen LogP contribution is 2.25. The first-order chi connectivity index (χ1) is 11.7. The van der Waals surface area contributed by atoms with Crippen molar-refractivity contribution in [3.63, 3.8) is 0 Å². The van der Waals surface area contributed by atoms with Crippen LogP contribution in [-0.2, 0) is 11.3 Å². The fraction of sp³-hybridized carbons (Fsp3) is 0.684. The summed E-state index contributed by atoms with van der Waals surface area (Å²) in [5.74, 6) is 0.234. The molecule has 0 aromatic heterocycles. The number of hydrogen-bond donors (Lipinski definition) is 0. The number of alkyl halides is 2. The third-order valence-electron chi connectivity index (χ3n) is 5.00. The summed E-state index contributed by atoms with van der Waals surface area (Å²) in [4.78, 5) is 2.36. The Morgan fingerprint density at radius 2 is 1.71 bits per heavy atom. The highest BCUT2D eigenvalue weighted by molar-refractivity contribution is 5.28. The molecule has 0 amide bonds. The lowest BCUT2D eigenvalue weighted by molar-refractivity contribution is -0.0568. The molecule has 1 aliphatic heterocycles. The molecule has 0 bridgehead atoms. The van der Waals surface area contributed by atoms with Crippen LogP contribution in [0.4, 0.5) is 8.78 Å². The standard InChI is InChI=1S/C19H27F2NO2/c20-19(21)24-18-8-4-5-15(13-18)14-22-11-9-17(10-12-22)23-16-6-2-1-3-7-16/h4-5,8,13,16-17,19H,1-3,6-7,9-12,14H2. The van der Waals surface area contributed by atoms with Crippen LogP contribution in [0.15, 0.2) is 24.3 Å². The summed E-state index contributed by atoms with van der Waals surface area (Å²) in [7, 11) is 0. The van der Waals surface area contributed by atoms with E-state index in [9.17, 15) is 8.78 Å². The molecule has 1 aromatic rings. The van der Waals surface area contributed by atoms with Crippen LogP contribution in [0.1, 0.15) is 50.5 Å². The smallest absolute Gasteiger partial charge is 0.387 e. The lowest BCUT2D eigenvalue weighted by atomic mass is 9.97. The van der Waals surface area contributed by atoms with E-state index in [1.807, 2.05) is 6.07 Å². The zero-order valence-electron chi connectivity index (χ0n) is 14.1. The van der Waals surface area contributed by atoms with Gasteiger partial charge in [0.15, 0.2) is 0 Å². The van der Waals surface area contributed by atoms with E-state index < -0.39 is 6.61 Å². The number of piperidine rings is 1. The number of hydrogen-bond acceptors (Lipinski definition) is 3. The first-order valence-corrected chi connectivity index (χ1v) is 9.10. The van der Waals surface area contributed by atoms with Crippen molar-refractivity contribution in [2.75, 3.05) is 13.1 Å². The molecule has 0 N–H and O–H groups in total. The van der Waals surface area contributed by atoms with Crippen LogP contribution in [0.25, 0.3) is 0 Å². The summed E-state index contributed by atoms with van der Waals surface area (Å²) < 4.78 is 35.3. The molecule has 1 heterocycles. The van der Waals surface area contributed by atoms with E-state index in [4.69, 9.17) is 4.74 Å². The SMILES string of the molecule is FC(F)Oc1cccc(CN2CCC(OC3CCCCC3)CC2)c1. The third kappa shape index (κ3) is 5.42. The summed E-state index contributed by atoms with van der Waals surface area (Å²) in [6.07, 6.45) is 9.38. The molecule has 0 unspecified atom stereocenters. The Hall–Kier alpha value is -1.20. The van der Waals surface area contributed by atoms with Gasteiger partial charge in [-0.25, -0.2) is 0 Å². The van der Waals surface area contributed by atoms with Gasteiger partial charge in [-0.1, -0.05) is 31.4 Å². The van der Waals surface area contributed by atoms with E-state index in [0.717, 1.165) is 38.0 Å². The van der Waals surface area contributed by atoms with Crippen molar-refractivity contribution in [2.45, 2.75) is 70.3 Å². The van der Waals surface area contributed by atoms with Gasteiger partial charge < -0.3 is 9.47 Å². The molecule has 1 saturated heterocycles. The highest BCUT2D eigenvalue weighted by atomic mass is 19.3. The molecule has 134 valence electrons. The van der Waals surface area contributed by atoms with Crippen molar-refractivity contribution < 1.29 is 18.3 Å². The van der Waals surface area contributed by atoms with Crippen LogP contribution in [-0.4, -0.2) is 36.8 Å². The molecule has 1 aromatic carbocycles. The van der Waals surface area contributed by atoms with Gasteiger partial charge in [-0.05, 0) is 43.4 Å². The number of halogens is 2. The maximum absolute atomic E-state index is 12.3. The van der Waals surface area contributed by atoms with Crippen molar-refractivity contribution in [2.24, 2.45) is 0 Å². The molecule has 3 rings (SSSR count). The van der Waals surface area contributed by atoms with Crippen LogP contribution < -0.4 is 4.74 Å². The Labute approximate surface area is 142 Å². The largest absolute Gasteiger partial charge is 0.435 e. The minimum Gasteiger partial charge on any atom is -0.435 e. The summed E-state index contributed by atoms with van der Waals surface area (Å²) in [5.41, 5.74) is 1.01. The lowest BCUT2D eigenvalue weighted by Gasteiger charge is -2.35. The second kappa shape index (κ2) is 8.77. The molecule has 1 saturated carbocycles. The van der Waals surface area contributed by atoms with Crippen molar-refractivity contribution in [1.29, 1.82) is 0 Å². The van der Waals surface area contributed by atoms with Crippen molar-refractivity contribution in [3.05, 3.63) is 29.8 Å². The van der Waals surface area contributed by atoms with Gasteiger partial charge in [0, 0.05) is 19.6 Å². The summed E-state index contributed by atoms with van der Waals surface area (Å²) >= 11 is 0. The topological polar surface area (TPSA) is 21.7 Å². The van der Waals surface area contributed by atoms with Gasteiger partial charge >= 0.3 is 6.61 Å². The summed E-state index contributed by atoms with van der Waals surface area (Å²) in [5, 5.41) is 0. The van der Waals surface area contributed by atoms with Crippen LogP contribution >= 0.6 is 0 Å². The average Bonchev–Trinajstić information content (AvgIpc) is 2.57. The zero-order chi connectivity index (χ0) is 16.8. The summed E-state index contributed by atoms with van der Waals surface area (Å²) in [6.45, 7) is -0.00136. The third-order valence-corrected chi connectivity index (χ3v) is 5.00. The maximum Gasteiger partial charge on any atom is 0.387 e. The van der Waals surface area contributed by atoms with Crippen molar-refractivity contribution in [3.8, 4) is 5.75 Å². The van der Waals surface area contributed by atoms with E-state index in [1.165, 1.54) is 32.1 Å². The van der Waals surface area contributed by atoms with Crippen molar-refractivity contribution >= 4 is 0 Å². The van der Waals surface area contributed by atoms with E-state index in [2.05, 4.69) is 9.64 Å². The fourth-order valence-corrected chi connectivity index (χ4v) is 3.76. The first-order valence-electron chi connectivity index (χ1n) is 9.10. The molecular weight excluding hydrogens is 312 g/mol. The van der Waals surface area contributed by atoms with Gasteiger partial charge in [0.1, 0.15) is 5.75 Å². The predicted octanol–water partition coefficient (Wildman–Crippen LogP) is 4.60. The minimum absolute atomic E-state index is 0.234. The zero-order valence-corrected chi connectivity index (χ0v) is 14.1. The number of likely N-dealkylation sites (tertiary alicyclic amines) is 1. The Bertz CT molecular complexity index is 498. The number of rotatable bonds is 6. The molecule has 2 fully saturated rings. The van der Waals surface area contributed by atoms with E-state index in [1.54, 1.807) is 18.2 Å². The monoisotopic (exact) mass is 339 g/mol. The number of nitrogens with zero attached hydrogens (tertiary/aromatic N) is 1. The average molecular weight is 339 g/mol. The molecule has 0 atom stereocenters. The Morgan fingerprint density at radius 3 is 2.42 bits per heavy atom. The van der Waals surface area contributed by atoms with Crippen LogP contribution in [0.2, 0.25) is 0 Å². The minimum atomic E-state index is -2.77. The quantitative estimate of drug-likeness (QED) is 0.756. The summed E-state index contributed by atoms with van der Waals surface area (Å²) in [6, 6.07) is 7.01. The second-order valence-electron chi connectivity index (χ2n) is 6.90. The Morgan fingerprint density at radius 1 is 1.00 bits per heavy atom. The second-order valence-corrected chi connectivity index (χ2v) is 6.90. The van der Waals surface area contributed by atoms with Gasteiger partial charge in [-0.3, -0.25) is 4.90 Å². The van der Waals surface area contributed by atoms with E-state index in [0.29, 0.717) is 12.2 Å². The van der Waals surface area contributed by atoms with Gasteiger partial charge in [0.05, 0.1) is 12.2 Å². The molecule has 5 heteroatoms. The lowest BCUT2D eigenvalue weighted by Crippen LogP contribution is -2.38. The molecule has 24 heavy (non-hydrogen) atoms. The van der Waals surface area contributed by atoms with E-state index >= 15 is 0 Å². The maximum atomic E-state index is 12.3. The molecule has 2 aliphatic rings. The highest BCUT2D eigenvalue weighted by Gasteiger charge is 2.24. The molecular formula is C19H27F2NO2. The predicted molar refractivity (Wildman–Crippen MR) is 89.3 cm³/mol. The van der Waals surface area contributed by atoms with Gasteiger partial charge in [0.2, 0.25) is 0 Å². The van der Waals surface area contributed by atoms with Gasteiger partial charge in [-0.15, -0.1) is 0 Å². The van der Waals surface area contributed by atoms with Crippen LogP contribution in [0.3, 0.4) is 0 Å². The normalized spacial score (nSPS) is 21.3. The van der Waals surface area contributed by atoms with Crippen LogP contribution in [0.5, 0.6) is 5.75 Å². The number of ether oxygens (including phenoxy) is 2. The van der Waals surface area contributed by atoms with E-state index in [-0.39, 0.29) is 5.75 Å². The van der Waals surface area contributed by atoms with Gasteiger partial charge in [0.25, 0.3) is 0 Å². The fourth-order valence-electron chi connectivity index (χ4n) is 3.76. The Balaban J connectivity index is 1.43. The van der Waals surface area contributed by atoms with Crippen LogP contribution in [0, 0.1) is 0 Å².